The number of likely N-dealkylation sites (tertiary alicyclic amines) is 1. The van der Waals surface area contributed by atoms with Crippen LogP contribution in [0.3, 0.4) is 0 Å². The van der Waals surface area contributed by atoms with Crippen LogP contribution in [0.1, 0.15) is 43.7 Å². The number of pyridine rings is 1. The van der Waals surface area contributed by atoms with Crippen LogP contribution < -0.4 is 14.2 Å². The average molecular weight is 370 g/mol. The Bertz CT molecular complexity index is 671. The Morgan fingerprint density at radius 1 is 1.04 bits per heavy atom. The zero-order valence-electron chi connectivity index (χ0n) is 16.4. The summed E-state index contributed by atoms with van der Waals surface area (Å²) >= 11 is 0. The SMILES string of the molecule is COc1cccc(OC)c1OCCCCN1CCCCC1c1cccnc1. The summed E-state index contributed by atoms with van der Waals surface area (Å²) in [5.74, 6) is 2.11. The quantitative estimate of drug-likeness (QED) is 0.609. The van der Waals surface area contributed by atoms with Crippen molar-refractivity contribution in [3.05, 3.63) is 48.3 Å². The van der Waals surface area contributed by atoms with Crippen LogP contribution in [0, 0.1) is 0 Å². The van der Waals surface area contributed by atoms with Gasteiger partial charge in [0.2, 0.25) is 5.75 Å². The van der Waals surface area contributed by atoms with E-state index in [4.69, 9.17) is 14.2 Å². The van der Waals surface area contributed by atoms with E-state index in [1.54, 1.807) is 14.2 Å². The van der Waals surface area contributed by atoms with Crippen LogP contribution in [0.5, 0.6) is 17.2 Å². The summed E-state index contributed by atoms with van der Waals surface area (Å²) in [6, 6.07) is 10.4. The van der Waals surface area contributed by atoms with Crippen molar-refractivity contribution in [3.63, 3.8) is 0 Å². The summed E-state index contributed by atoms with van der Waals surface area (Å²) in [4.78, 5) is 6.90. The highest BCUT2D eigenvalue weighted by Gasteiger charge is 2.23. The number of methoxy groups -OCH3 is 2. The van der Waals surface area contributed by atoms with Crippen molar-refractivity contribution in [2.45, 2.75) is 38.1 Å². The molecule has 0 amide bonds. The van der Waals surface area contributed by atoms with Gasteiger partial charge < -0.3 is 14.2 Å². The zero-order chi connectivity index (χ0) is 18.9. The molecule has 27 heavy (non-hydrogen) atoms. The standard InChI is InChI=1S/C22H30N2O3/c1-25-20-11-7-12-21(26-2)22(20)27-16-6-5-15-24-14-4-3-10-19(24)18-9-8-13-23-17-18/h7-9,11-13,17,19H,3-6,10,14-16H2,1-2H3. The Kier molecular flexibility index (Phi) is 7.34. The van der Waals surface area contributed by atoms with Crippen LogP contribution in [0.4, 0.5) is 0 Å². The van der Waals surface area contributed by atoms with Gasteiger partial charge in [0.05, 0.1) is 20.8 Å². The van der Waals surface area contributed by atoms with E-state index in [0.717, 1.165) is 19.4 Å². The number of piperidine rings is 1. The van der Waals surface area contributed by atoms with Gasteiger partial charge in [-0.25, -0.2) is 0 Å². The van der Waals surface area contributed by atoms with Crippen LogP contribution in [-0.2, 0) is 0 Å². The Labute approximate surface area is 162 Å². The highest BCUT2D eigenvalue weighted by atomic mass is 16.5. The Morgan fingerprint density at radius 2 is 1.85 bits per heavy atom. The molecule has 0 spiro atoms. The minimum Gasteiger partial charge on any atom is -0.493 e. The van der Waals surface area contributed by atoms with Gasteiger partial charge >= 0.3 is 0 Å². The second-order valence-electron chi connectivity index (χ2n) is 6.88. The lowest BCUT2D eigenvalue weighted by Crippen LogP contribution is -2.34. The topological polar surface area (TPSA) is 43.8 Å². The third-order valence-electron chi connectivity index (χ3n) is 5.15. The Hall–Kier alpha value is -2.27. The molecule has 5 heteroatoms. The van der Waals surface area contributed by atoms with E-state index in [1.807, 2.05) is 36.7 Å². The molecule has 0 aliphatic carbocycles. The second kappa shape index (κ2) is 10.2. The molecule has 1 saturated heterocycles. The molecule has 5 nitrogen and oxygen atoms in total. The van der Waals surface area contributed by atoms with Crippen molar-refractivity contribution < 1.29 is 14.2 Å². The van der Waals surface area contributed by atoms with Crippen molar-refractivity contribution in [2.24, 2.45) is 0 Å². The predicted molar refractivity (Wildman–Crippen MR) is 107 cm³/mol. The molecule has 1 atom stereocenters. The van der Waals surface area contributed by atoms with E-state index in [1.165, 1.54) is 31.4 Å². The van der Waals surface area contributed by atoms with E-state index in [0.29, 0.717) is 29.9 Å². The first kappa shape index (κ1) is 19.5. The molecule has 2 aromatic rings. The molecule has 1 aromatic carbocycles. The van der Waals surface area contributed by atoms with E-state index >= 15 is 0 Å². The molecule has 1 aliphatic heterocycles. The van der Waals surface area contributed by atoms with E-state index in [9.17, 15) is 0 Å². The maximum atomic E-state index is 5.97. The molecule has 3 rings (SSSR count). The van der Waals surface area contributed by atoms with Crippen molar-refractivity contribution in [1.82, 2.24) is 9.88 Å². The van der Waals surface area contributed by atoms with Gasteiger partial charge in [-0.15, -0.1) is 0 Å². The van der Waals surface area contributed by atoms with Crippen molar-refractivity contribution in [2.75, 3.05) is 33.9 Å². The number of aromatic nitrogens is 1. The number of hydrogen-bond acceptors (Lipinski definition) is 5. The highest BCUT2D eigenvalue weighted by Crippen LogP contribution is 2.37. The van der Waals surface area contributed by atoms with Gasteiger partial charge in [0.15, 0.2) is 11.5 Å². The fourth-order valence-corrected chi connectivity index (χ4v) is 3.76. The Morgan fingerprint density at radius 3 is 2.56 bits per heavy atom. The summed E-state index contributed by atoms with van der Waals surface area (Å²) in [5.41, 5.74) is 1.34. The first-order chi connectivity index (χ1) is 13.3. The number of ether oxygens (including phenoxy) is 3. The smallest absolute Gasteiger partial charge is 0.203 e. The van der Waals surface area contributed by atoms with Gasteiger partial charge in [-0.2, -0.15) is 0 Å². The third kappa shape index (κ3) is 5.13. The number of unbranched alkanes of at least 4 members (excludes halogenated alkanes) is 1. The van der Waals surface area contributed by atoms with Crippen molar-refractivity contribution in [1.29, 1.82) is 0 Å². The fraction of sp³-hybridized carbons (Fsp3) is 0.500. The second-order valence-corrected chi connectivity index (χ2v) is 6.88. The van der Waals surface area contributed by atoms with Gasteiger partial charge in [-0.05, 0) is 62.5 Å². The minimum atomic E-state index is 0.502. The molecule has 0 N–H and O–H groups in total. The molecule has 0 saturated carbocycles. The predicted octanol–water partition coefficient (Wildman–Crippen LogP) is 4.49. The van der Waals surface area contributed by atoms with Gasteiger partial charge in [-0.1, -0.05) is 18.6 Å². The normalized spacial score (nSPS) is 17.5. The summed E-state index contributed by atoms with van der Waals surface area (Å²) < 4.78 is 16.7. The van der Waals surface area contributed by atoms with Crippen molar-refractivity contribution >= 4 is 0 Å². The zero-order valence-corrected chi connectivity index (χ0v) is 16.4. The fourth-order valence-electron chi connectivity index (χ4n) is 3.76. The van der Waals surface area contributed by atoms with Gasteiger partial charge in [-0.3, -0.25) is 9.88 Å². The molecule has 1 unspecified atom stereocenters. The summed E-state index contributed by atoms with van der Waals surface area (Å²) in [5, 5.41) is 0. The maximum Gasteiger partial charge on any atom is 0.203 e. The van der Waals surface area contributed by atoms with E-state index < -0.39 is 0 Å². The summed E-state index contributed by atoms with van der Waals surface area (Å²) in [6.07, 6.45) is 9.77. The molecule has 1 aliphatic rings. The lowest BCUT2D eigenvalue weighted by molar-refractivity contribution is 0.142. The molecular formula is C22H30N2O3. The van der Waals surface area contributed by atoms with Gasteiger partial charge in [0.1, 0.15) is 0 Å². The molecule has 0 radical (unpaired) electrons. The minimum absolute atomic E-state index is 0.502. The van der Waals surface area contributed by atoms with E-state index in [2.05, 4.69) is 16.0 Å². The van der Waals surface area contributed by atoms with Crippen LogP contribution >= 0.6 is 0 Å². The molecule has 2 heterocycles. The largest absolute Gasteiger partial charge is 0.493 e. The molecule has 146 valence electrons. The first-order valence-electron chi connectivity index (χ1n) is 9.81. The molecule has 1 aromatic heterocycles. The molecular weight excluding hydrogens is 340 g/mol. The first-order valence-corrected chi connectivity index (χ1v) is 9.81. The lowest BCUT2D eigenvalue weighted by atomic mass is 9.96. The summed E-state index contributed by atoms with van der Waals surface area (Å²) in [7, 11) is 3.30. The number of benzene rings is 1. The summed E-state index contributed by atoms with van der Waals surface area (Å²) in [6.45, 7) is 2.91. The van der Waals surface area contributed by atoms with Crippen LogP contribution in [-0.4, -0.2) is 43.8 Å². The third-order valence-corrected chi connectivity index (χ3v) is 5.15. The lowest BCUT2D eigenvalue weighted by Gasteiger charge is -2.35. The molecule has 1 fully saturated rings. The van der Waals surface area contributed by atoms with Gasteiger partial charge in [0.25, 0.3) is 0 Å². The van der Waals surface area contributed by atoms with Gasteiger partial charge in [0, 0.05) is 18.4 Å². The van der Waals surface area contributed by atoms with E-state index in [-0.39, 0.29) is 0 Å². The number of para-hydroxylation sites is 1. The number of hydrogen-bond donors (Lipinski definition) is 0. The van der Waals surface area contributed by atoms with Crippen LogP contribution in [0.2, 0.25) is 0 Å². The Balaban J connectivity index is 1.48. The monoisotopic (exact) mass is 370 g/mol. The average Bonchev–Trinajstić information content (AvgIpc) is 2.74. The van der Waals surface area contributed by atoms with Crippen LogP contribution in [0.15, 0.2) is 42.7 Å². The van der Waals surface area contributed by atoms with Crippen molar-refractivity contribution in [3.8, 4) is 17.2 Å². The highest BCUT2D eigenvalue weighted by molar-refractivity contribution is 5.51. The molecule has 0 bridgehead atoms. The van der Waals surface area contributed by atoms with Crippen LogP contribution in [0.25, 0.3) is 0 Å². The number of nitrogens with zero attached hydrogens (tertiary/aromatic N) is 2. The maximum absolute atomic E-state index is 5.97. The number of rotatable bonds is 9.